The molecule has 0 aliphatic heterocycles. The summed E-state index contributed by atoms with van der Waals surface area (Å²) >= 11 is 1.34. The average molecular weight is 364 g/mol. The van der Waals surface area contributed by atoms with Crippen molar-refractivity contribution >= 4 is 48.5 Å². The van der Waals surface area contributed by atoms with Crippen LogP contribution in [0.4, 0.5) is 5.69 Å². The van der Waals surface area contributed by atoms with Crippen molar-refractivity contribution < 1.29 is 4.63 Å². The first-order valence-corrected chi connectivity index (χ1v) is 8.64. The fourth-order valence-corrected chi connectivity index (χ4v) is 4.11. The molecular weight excluding hydrogens is 352 g/mol. The van der Waals surface area contributed by atoms with E-state index in [-0.39, 0.29) is 5.56 Å². The lowest BCUT2D eigenvalue weighted by Crippen LogP contribution is -2.18. The Bertz CT molecular complexity index is 1350. The van der Waals surface area contributed by atoms with Crippen LogP contribution < -0.4 is 10.5 Å². The van der Waals surface area contributed by atoms with Gasteiger partial charge in [0.2, 0.25) is 0 Å². The number of aromatic nitrogens is 5. The van der Waals surface area contributed by atoms with Crippen LogP contribution in [0, 0.1) is 0 Å². The van der Waals surface area contributed by atoms with Crippen LogP contribution in [0.1, 0.15) is 0 Å². The van der Waals surface area contributed by atoms with Gasteiger partial charge in [-0.1, -0.05) is 6.07 Å². The molecule has 4 heterocycles. The molecule has 0 atom stereocenters. The van der Waals surface area contributed by atoms with Gasteiger partial charge in [0, 0.05) is 20.3 Å². The normalized spacial score (nSPS) is 11.6. The zero-order valence-corrected chi connectivity index (χ0v) is 14.7. The van der Waals surface area contributed by atoms with E-state index in [1.807, 2.05) is 25.1 Å². The Kier molecular flexibility index (Phi) is 3.07. The van der Waals surface area contributed by atoms with E-state index in [1.165, 1.54) is 22.2 Å². The molecule has 5 aromatic rings. The predicted octanol–water partition coefficient (Wildman–Crippen LogP) is 2.60. The van der Waals surface area contributed by atoms with E-state index in [1.54, 1.807) is 24.4 Å². The molecule has 0 amide bonds. The van der Waals surface area contributed by atoms with Gasteiger partial charge in [0.05, 0.1) is 22.3 Å². The maximum atomic E-state index is 13.2. The molecule has 26 heavy (non-hydrogen) atoms. The third-order valence-electron chi connectivity index (χ3n) is 4.27. The van der Waals surface area contributed by atoms with Gasteiger partial charge in [0.25, 0.3) is 5.56 Å². The number of thiophene rings is 1. The number of benzene rings is 1. The summed E-state index contributed by atoms with van der Waals surface area (Å²) in [6, 6.07) is 7.29. The van der Waals surface area contributed by atoms with Crippen molar-refractivity contribution in [3.8, 4) is 5.69 Å². The molecule has 0 aliphatic carbocycles. The quantitative estimate of drug-likeness (QED) is 0.475. The van der Waals surface area contributed by atoms with Crippen LogP contribution in [0.3, 0.4) is 0 Å². The first-order valence-electron chi connectivity index (χ1n) is 7.83. The highest BCUT2D eigenvalue weighted by Gasteiger charge is 2.18. The first-order chi connectivity index (χ1) is 12.6. The predicted molar refractivity (Wildman–Crippen MR) is 100 cm³/mol. The summed E-state index contributed by atoms with van der Waals surface area (Å²) in [6.45, 7) is 0. The number of rotatable bonds is 2. The lowest BCUT2D eigenvalue weighted by Gasteiger charge is -2.13. The zero-order valence-electron chi connectivity index (χ0n) is 13.9. The molecule has 0 aliphatic rings. The van der Waals surface area contributed by atoms with Crippen LogP contribution in [0.15, 0.2) is 46.2 Å². The molecule has 1 aromatic carbocycles. The van der Waals surface area contributed by atoms with Crippen molar-refractivity contribution in [1.29, 1.82) is 0 Å². The Morgan fingerprint density at radius 1 is 1.12 bits per heavy atom. The molecular formula is C17H12N6O2S. The lowest BCUT2D eigenvalue weighted by atomic mass is 10.2. The Hall–Kier alpha value is -3.33. The summed E-state index contributed by atoms with van der Waals surface area (Å²) in [6.07, 6.45) is 3.26. The van der Waals surface area contributed by atoms with Crippen LogP contribution in [-0.4, -0.2) is 38.9 Å². The molecule has 4 aromatic heterocycles. The van der Waals surface area contributed by atoms with Crippen LogP contribution in [-0.2, 0) is 0 Å². The zero-order chi connectivity index (χ0) is 17.8. The van der Waals surface area contributed by atoms with Crippen molar-refractivity contribution in [2.75, 3.05) is 19.0 Å². The summed E-state index contributed by atoms with van der Waals surface area (Å²) in [5.41, 5.74) is 3.16. The molecule has 0 saturated carbocycles. The number of hydrogen-bond acceptors (Lipinski definition) is 8. The van der Waals surface area contributed by atoms with Crippen molar-refractivity contribution in [3.05, 3.63) is 47.1 Å². The van der Waals surface area contributed by atoms with Gasteiger partial charge in [-0.2, -0.15) is 0 Å². The highest BCUT2D eigenvalue weighted by molar-refractivity contribution is 7.25. The smallest absolute Gasteiger partial charge is 0.276 e. The first kappa shape index (κ1) is 15.0. The number of fused-ring (bicyclic) bond motifs is 4. The second-order valence-electron chi connectivity index (χ2n) is 6.01. The summed E-state index contributed by atoms with van der Waals surface area (Å²) in [7, 11) is 3.91. The third-order valence-corrected chi connectivity index (χ3v) is 5.34. The second-order valence-corrected chi connectivity index (χ2v) is 7.01. The fraction of sp³-hybridized carbons (Fsp3) is 0.118. The van der Waals surface area contributed by atoms with Gasteiger partial charge in [-0.25, -0.2) is 14.6 Å². The molecule has 0 unspecified atom stereocenters. The van der Waals surface area contributed by atoms with Crippen molar-refractivity contribution in [2.24, 2.45) is 0 Å². The van der Waals surface area contributed by atoms with Crippen LogP contribution in [0.5, 0.6) is 0 Å². The lowest BCUT2D eigenvalue weighted by molar-refractivity contribution is 0.315. The highest BCUT2D eigenvalue weighted by atomic mass is 32.1. The minimum absolute atomic E-state index is 0.168. The standard InChI is InChI=1S/C17H12N6O2S/c1-22(2)10-6-7-18-16-12(10)14-15(26-16)17(24)23(8-19-14)11-5-3-4-9-13(11)21-25-20-9/h3-8H,1-2H3. The molecule has 0 bridgehead atoms. The van der Waals surface area contributed by atoms with E-state index in [2.05, 4.69) is 20.3 Å². The van der Waals surface area contributed by atoms with E-state index in [0.29, 0.717) is 26.9 Å². The minimum atomic E-state index is -0.168. The maximum absolute atomic E-state index is 13.2. The molecule has 0 fully saturated rings. The number of nitrogens with zero attached hydrogens (tertiary/aromatic N) is 6. The van der Waals surface area contributed by atoms with E-state index < -0.39 is 0 Å². The van der Waals surface area contributed by atoms with Crippen molar-refractivity contribution in [3.63, 3.8) is 0 Å². The highest BCUT2D eigenvalue weighted by Crippen LogP contribution is 2.35. The summed E-state index contributed by atoms with van der Waals surface area (Å²) in [4.78, 5) is 24.9. The van der Waals surface area contributed by atoms with Gasteiger partial charge in [0.1, 0.15) is 21.4 Å². The van der Waals surface area contributed by atoms with Gasteiger partial charge in [0.15, 0.2) is 5.52 Å². The van der Waals surface area contributed by atoms with Crippen LogP contribution in [0.25, 0.3) is 37.2 Å². The molecule has 0 spiro atoms. The van der Waals surface area contributed by atoms with Gasteiger partial charge in [-0.05, 0) is 28.5 Å². The summed E-state index contributed by atoms with van der Waals surface area (Å²) in [5.74, 6) is 0. The molecule has 5 rings (SSSR count). The number of hydrogen-bond donors (Lipinski definition) is 0. The molecule has 0 saturated heterocycles. The van der Waals surface area contributed by atoms with E-state index in [4.69, 9.17) is 4.63 Å². The van der Waals surface area contributed by atoms with Crippen LogP contribution in [0.2, 0.25) is 0 Å². The van der Waals surface area contributed by atoms with Crippen molar-refractivity contribution in [2.45, 2.75) is 0 Å². The second kappa shape index (κ2) is 5.33. The summed E-state index contributed by atoms with van der Waals surface area (Å²) < 4.78 is 6.82. The monoisotopic (exact) mass is 364 g/mol. The molecule has 128 valence electrons. The Labute approximate surface area is 150 Å². The number of anilines is 1. The minimum Gasteiger partial charge on any atom is -0.377 e. The Balaban J connectivity index is 1.87. The van der Waals surface area contributed by atoms with Gasteiger partial charge in [-0.3, -0.25) is 9.36 Å². The average Bonchev–Trinajstić information content (AvgIpc) is 3.26. The topological polar surface area (TPSA) is 89.9 Å². The SMILES string of the molecule is CN(C)c1ccnc2sc3c(=O)n(-c4cccc5nonc45)cnc3c12. The van der Waals surface area contributed by atoms with Crippen LogP contribution >= 0.6 is 11.3 Å². The summed E-state index contributed by atoms with van der Waals surface area (Å²) in [5, 5.41) is 8.63. The molecule has 9 heteroatoms. The largest absolute Gasteiger partial charge is 0.377 e. The van der Waals surface area contributed by atoms with Gasteiger partial charge in [-0.15, -0.1) is 11.3 Å². The molecule has 8 nitrogen and oxygen atoms in total. The van der Waals surface area contributed by atoms with E-state index >= 15 is 0 Å². The Morgan fingerprint density at radius 3 is 2.85 bits per heavy atom. The van der Waals surface area contributed by atoms with Gasteiger partial charge >= 0.3 is 0 Å². The fourth-order valence-electron chi connectivity index (χ4n) is 3.07. The number of pyridine rings is 1. The molecule has 0 radical (unpaired) electrons. The Morgan fingerprint density at radius 2 is 2.00 bits per heavy atom. The van der Waals surface area contributed by atoms with Crippen molar-refractivity contribution in [1.82, 2.24) is 24.8 Å². The van der Waals surface area contributed by atoms with E-state index in [9.17, 15) is 4.79 Å². The third kappa shape index (κ3) is 1.97. The van der Waals surface area contributed by atoms with E-state index in [0.717, 1.165) is 15.9 Å². The maximum Gasteiger partial charge on any atom is 0.276 e. The molecule has 0 N–H and O–H groups in total. The van der Waals surface area contributed by atoms with Gasteiger partial charge < -0.3 is 4.90 Å².